The van der Waals surface area contributed by atoms with Crippen LogP contribution in [0.25, 0.3) is 0 Å². The van der Waals surface area contributed by atoms with Crippen molar-refractivity contribution in [3.63, 3.8) is 0 Å². The molecule has 20 heavy (non-hydrogen) atoms. The maximum Gasteiger partial charge on any atom is 0.221 e. The Hall–Kier alpha value is -1.37. The van der Waals surface area contributed by atoms with Gasteiger partial charge in [0.2, 0.25) is 8.03 Å². The van der Waals surface area contributed by atoms with Crippen LogP contribution in [0, 0.1) is 20.8 Å². The fourth-order valence-electron chi connectivity index (χ4n) is 2.48. The second kappa shape index (κ2) is 6.88. The van der Waals surface area contributed by atoms with Crippen molar-refractivity contribution < 1.29 is 9.09 Å². The predicted molar refractivity (Wildman–Crippen MR) is 85.4 cm³/mol. The summed E-state index contributed by atoms with van der Waals surface area (Å²) in [5.74, 6) is 0. The molecule has 0 saturated carbocycles. The molecule has 2 nitrogen and oxygen atoms in total. The van der Waals surface area contributed by atoms with E-state index in [1.54, 1.807) is 0 Å². The Balaban J connectivity index is 1.99. The molecule has 0 radical (unpaired) electrons. The highest BCUT2D eigenvalue weighted by Gasteiger charge is 2.11. The summed E-state index contributed by atoms with van der Waals surface area (Å²) >= 11 is 0. The molecular formula is C17H21O2P. The first-order valence-electron chi connectivity index (χ1n) is 6.87. The van der Waals surface area contributed by atoms with E-state index in [2.05, 4.69) is 31.2 Å². The Morgan fingerprint density at radius 2 is 1.60 bits per heavy atom. The van der Waals surface area contributed by atoms with Gasteiger partial charge in [0.15, 0.2) is 0 Å². The molecule has 0 saturated heterocycles. The van der Waals surface area contributed by atoms with Crippen LogP contribution in [-0.4, -0.2) is 6.61 Å². The first-order chi connectivity index (χ1) is 9.58. The van der Waals surface area contributed by atoms with E-state index in [-0.39, 0.29) is 0 Å². The van der Waals surface area contributed by atoms with Crippen LogP contribution in [0.15, 0.2) is 42.5 Å². The van der Waals surface area contributed by atoms with Gasteiger partial charge in [-0.05, 0) is 43.9 Å². The van der Waals surface area contributed by atoms with E-state index in [4.69, 9.17) is 4.52 Å². The largest absolute Gasteiger partial charge is 0.327 e. The van der Waals surface area contributed by atoms with E-state index < -0.39 is 8.03 Å². The molecule has 0 heterocycles. The first-order valence-corrected chi connectivity index (χ1v) is 8.18. The lowest BCUT2D eigenvalue weighted by molar-refractivity contribution is 0.339. The smallest absolute Gasteiger partial charge is 0.221 e. The van der Waals surface area contributed by atoms with Crippen LogP contribution in [0.2, 0.25) is 0 Å². The summed E-state index contributed by atoms with van der Waals surface area (Å²) in [7, 11) is -2.16. The second-order valence-electron chi connectivity index (χ2n) is 5.15. The lowest BCUT2D eigenvalue weighted by atomic mass is 10.1. The third-order valence-electron chi connectivity index (χ3n) is 3.35. The maximum atomic E-state index is 12.4. The van der Waals surface area contributed by atoms with Crippen LogP contribution in [0.5, 0.6) is 0 Å². The zero-order chi connectivity index (χ0) is 14.5. The maximum absolute atomic E-state index is 12.4. The van der Waals surface area contributed by atoms with E-state index in [0.29, 0.717) is 6.61 Å². The Morgan fingerprint density at radius 3 is 2.20 bits per heavy atom. The van der Waals surface area contributed by atoms with Crippen LogP contribution in [0.4, 0.5) is 0 Å². The van der Waals surface area contributed by atoms with E-state index in [1.165, 1.54) is 11.1 Å². The fourth-order valence-corrected chi connectivity index (χ4v) is 3.70. The van der Waals surface area contributed by atoms with Gasteiger partial charge in [0.1, 0.15) is 0 Å². The standard InChI is InChI=1S/C17H21O2P/c1-13-11-14(2)17(15(3)12-13)20(18)19-10-9-16-7-5-4-6-8-16/h4-8,11-12,20H,9-10H2,1-3H3. The third-order valence-corrected chi connectivity index (χ3v) is 5.01. The van der Waals surface area contributed by atoms with Crippen molar-refractivity contribution in [3.8, 4) is 0 Å². The molecule has 2 rings (SSSR count). The van der Waals surface area contributed by atoms with Gasteiger partial charge < -0.3 is 4.52 Å². The van der Waals surface area contributed by atoms with E-state index in [1.807, 2.05) is 32.0 Å². The number of benzene rings is 2. The van der Waals surface area contributed by atoms with E-state index in [9.17, 15) is 4.57 Å². The summed E-state index contributed by atoms with van der Waals surface area (Å²) in [6, 6.07) is 14.2. The van der Waals surface area contributed by atoms with Crippen molar-refractivity contribution in [3.05, 3.63) is 64.7 Å². The lowest BCUT2D eigenvalue weighted by Gasteiger charge is -2.11. The molecule has 0 aliphatic rings. The zero-order valence-corrected chi connectivity index (χ0v) is 13.3. The minimum absolute atomic E-state index is 0.495. The molecule has 2 aromatic carbocycles. The van der Waals surface area contributed by atoms with Crippen molar-refractivity contribution in [2.24, 2.45) is 0 Å². The minimum atomic E-state index is -2.16. The Kier molecular flexibility index (Phi) is 5.17. The molecule has 0 amide bonds. The van der Waals surface area contributed by atoms with Gasteiger partial charge in [0, 0.05) is 5.30 Å². The van der Waals surface area contributed by atoms with Gasteiger partial charge in [-0.1, -0.05) is 48.0 Å². The van der Waals surface area contributed by atoms with Crippen molar-refractivity contribution >= 4 is 13.3 Å². The first kappa shape index (κ1) is 15.0. The van der Waals surface area contributed by atoms with Gasteiger partial charge in [-0.3, -0.25) is 4.57 Å². The average Bonchev–Trinajstić information content (AvgIpc) is 2.38. The average molecular weight is 288 g/mol. The number of rotatable bonds is 5. The molecule has 0 aromatic heterocycles. The summed E-state index contributed by atoms with van der Waals surface area (Å²) < 4.78 is 17.9. The molecule has 3 heteroatoms. The van der Waals surface area contributed by atoms with E-state index >= 15 is 0 Å². The second-order valence-corrected chi connectivity index (χ2v) is 6.51. The monoisotopic (exact) mass is 288 g/mol. The number of hydrogen-bond acceptors (Lipinski definition) is 2. The normalized spacial score (nSPS) is 12.3. The van der Waals surface area contributed by atoms with Crippen molar-refractivity contribution in [2.45, 2.75) is 27.2 Å². The summed E-state index contributed by atoms with van der Waals surface area (Å²) in [6.07, 6.45) is 0.793. The van der Waals surface area contributed by atoms with Gasteiger partial charge in [0.05, 0.1) is 6.61 Å². The van der Waals surface area contributed by atoms with Crippen molar-refractivity contribution in [1.29, 1.82) is 0 Å². The van der Waals surface area contributed by atoms with Gasteiger partial charge in [-0.15, -0.1) is 0 Å². The van der Waals surface area contributed by atoms with Gasteiger partial charge in [-0.25, -0.2) is 0 Å². The Morgan fingerprint density at radius 1 is 1.00 bits per heavy atom. The molecule has 0 N–H and O–H groups in total. The summed E-state index contributed by atoms with van der Waals surface area (Å²) in [5.41, 5.74) is 4.53. The summed E-state index contributed by atoms with van der Waals surface area (Å²) in [6.45, 7) is 6.54. The highest BCUT2D eigenvalue weighted by Crippen LogP contribution is 2.26. The van der Waals surface area contributed by atoms with Crippen LogP contribution < -0.4 is 5.30 Å². The zero-order valence-electron chi connectivity index (χ0n) is 12.3. The Labute approximate surface area is 121 Å². The Bertz CT molecular complexity index is 583. The van der Waals surface area contributed by atoms with Crippen molar-refractivity contribution in [2.75, 3.05) is 6.61 Å². The quantitative estimate of drug-likeness (QED) is 0.778. The number of hydrogen-bond donors (Lipinski definition) is 0. The highest BCUT2D eigenvalue weighted by molar-refractivity contribution is 7.48. The van der Waals surface area contributed by atoms with Crippen LogP contribution in [-0.2, 0) is 15.5 Å². The molecule has 0 bridgehead atoms. The molecule has 1 unspecified atom stereocenters. The number of aryl methyl sites for hydroxylation is 3. The highest BCUT2D eigenvalue weighted by atomic mass is 31.1. The molecule has 0 spiro atoms. The fraction of sp³-hybridized carbons (Fsp3) is 0.294. The topological polar surface area (TPSA) is 26.3 Å². The van der Waals surface area contributed by atoms with Gasteiger partial charge >= 0.3 is 0 Å². The predicted octanol–water partition coefficient (Wildman–Crippen LogP) is 3.97. The molecule has 106 valence electrons. The van der Waals surface area contributed by atoms with E-state index in [0.717, 1.165) is 22.9 Å². The van der Waals surface area contributed by atoms with Gasteiger partial charge in [0.25, 0.3) is 0 Å². The van der Waals surface area contributed by atoms with Crippen molar-refractivity contribution in [1.82, 2.24) is 0 Å². The molecule has 2 aromatic rings. The van der Waals surface area contributed by atoms with Crippen LogP contribution in [0.1, 0.15) is 22.3 Å². The van der Waals surface area contributed by atoms with Gasteiger partial charge in [-0.2, -0.15) is 0 Å². The van der Waals surface area contributed by atoms with Crippen LogP contribution in [0.3, 0.4) is 0 Å². The molecule has 0 aliphatic carbocycles. The summed E-state index contributed by atoms with van der Waals surface area (Å²) in [4.78, 5) is 0. The summed E-state index contributed by atoms with van der Waals surface area (Å²) in [5, 5.41) is 0.883. The molecule has 0 fully saturated rings. The minimum Gasteiger partial charge on any atom is -0.327 e. The lowest BCUT2D eigenvalue weighted by Crippen LogP contribution is -2.09. The van der Waals surface area contributed by atoms with Crippen LogP contribution >= 0.6 is 8.03 Å². The molecular weight excluding hydrogens is 267 g/mol. The third kappa shape index (κ3) is 3.82. The molecule has 0 aliphatic heterocycles. The molecule has 1 atom stereocenters. The SMILES string of the molecule is Cc1cc(C)c([PH](=O)OCCc2ccccc2)c(C)c1.